The molecule has 0 aromatic carbocycles. The molecule has 1 aliphatic rings. The van der Waals surface area contributed by atoms with E-state index in [9.17, 15) is 4.79 Å². The van der Waals surface area contributed by atoms with Gasteiger partial charge in [-0.05, 0) is 6.42 Å². The minimum Gasteiger partial charge on any atom is -0.470 e. The summed E-state index contributed by atoms with van der Waals surface area (Å²) >= 11 is 1.42. The molecule has 0 aliphatic carbocycles. The van der Waals surface area contributed by atoms with E-state index in [0.29, 0.717) is 30.4 Å². The Morgan fingerprint density at radius 2 is 2.32 bits per heavy atom. The average molecular weight is 357 g/mol. The molecule has 1 unspecified atom stereocenters. The van der Waals surface area contributed by atoms with Crippen molar-refractivity contribution in [3.8, 4) is 5.88 Å². The number of rotatable bonds is 5. The lowest BCUT2D eigenvalue weighted by Gasteiger charge is -2.14. The van der Waals surface area contributed by atoms with Gasteiger partial charge in [-0.2, -0.15) is 0 Å². The van der Waals surface area contributed by atoms with Crippen LogP contribution in [0.3, 0.4) is 0 Å². The van der Waals surface area contributed by atoms with Gasteiger partial charge in [0.05, 0.1) is 23.9 Å². The lowest BCUT2D eigenvalue weighted by Crippen LogP contribution is -2.29. The molecule has 25 heavy (non-hydrogen) atoms. The number of carbonyl (C=O) groups is 1. The van der Waals surface area contributed by atoms with Crippen LogP contribution >= 0.6 is 11.3 Å². The highest BCUT2D eigenvalue weighted by molar-refractivity contribution is 7.07. The van der Waals surface area contributed by atoms with E-state index in [2.05, 4.69) is 25.3 Å². The van der Waals surface area contributed by atoms with Crippen LogP contribution in [0.15, 0.2) is 35.7 Å². The molecule has 1 fully saturated rings. The molecule has 4 rings (SSSR count). The Labute approximate surface area is 147 Å². The van der Waals surface area contributed by atoms with Crippen LogP contribution in [0.25, 0.3) is 0 Å². The molecule has 4 heterocycles. The lowest BCUT2D eigenvalue weighted by atomic mass is 10.3. The van der Waals surface area contributed by atoms with Crippen LogP contribution in [0.5, 0.6) is 5.88 Å². The third-order valence-electron chi connectivity index (χ3n) is 3.94. The number of ether oxygens (including phenoxy) is 1. The Balaban J connectivity index is 1.35. The first-order valence-corrected chi connectivity index (χ1v) is 8.71. The molecule has 0 N–H and O–H groups in total. The summed E-state index contributed by atoms with van der Waals surface area (Å²) < 4.78 is 7.31. The van der Waals surface area contributed by atoms with Crippen molar-refractivity contribution in [2.75, 3.05) is 13.1 Å². The van der Waals surface area contributed by atoms with E-state index in [1.165, 1.54) is 11.3 Å². The van der Waals surface area contributed by atoms with Gasteiger partial charge in [0.15, 0.2) is 0 Å². The van der Waals surface area contributed by atoms with Crippen LogP contribution in [0.4, 0.5) is 0 Å². The topological polar surface area (TPSA) is 98.9 Å². The third kappa shape index (κ3) is 3.48. The van der Waals surface area contributed by atoms with Gasteiger partial charge in [0.1, 0.15) is 18.0 Å². The van der Waals surface area contributed by atoms with Crippen molar-refractivity contribution in [1.82, 2.24) is 34.8 Å². The number of amides is 1. The zero-order chi connectivity index (χ0) is 17.1. The van der Waals surface area contributed by atoms with Crippen LogP contribution in [0.1, 0.15) is 28.6 Å². The zero-order valence-electron chi connectivity index (χ0n) is 13.2. The van der Waals surface area contributed by atoms with Crippen molar-refractivity contribution in [2.45, 2.75) is 19.1 Å². The summed E-state index contributed by atoms with van der Waals surface area (Å²) in [7, 11) is 0. The third-order valence-corrected chi connectivity index (χ3v) is 4.53. The Bertz CT molecular complexity index is 837. The smallest absolute Gasteiger partial charge is 0.273 e. The fourth-order valence-electron chi connectivity index (χ4n) is 2.69. The normalized spacial score (nSPS) is 17.0. The second-order valence-electron chi connectivity index (χ2n) is 5.59. The Hall–Kier alpha value is -2.88. The van der Waals surface area contributed by atoms with Gasteiger partial charge in [-0.15, -0.1) is 16.4 Å². The van der Waals surface area contributed by atoms with Crippen LogP contribution in [0, 0.1) is 0 Å². The molecule has 0 saturated carbocycles. The van der Waals surface area contributed by atoms with Crippen molar-refractivity contribution >= 4 is 17.2 Å². The largest absolute Gasteiger partial charge is 0.470 e. The van der Waals surface area contributed by atoms with E-state index in [-0.39, 0.29) is 18.6 Å². The highest BCUT2D eigenvalue weighted by Gasteiger charge is 2.29. The van der Waals surface area contributed by atoms with E-state index in [4.69, 9.17) is 4.74 Å². The SMILES string of the molecule is O=C(c1cscn1)N1CCC(n2cc(COc3cnccn3)nn2)C1. The molecule has 0 spiro atoms. The fourth-order valence-corrected chi connectivity index (χ4v) is 3.21. The van der Waals surface area contributed by atoms with Crippen LogP contribution in [-0.2, 0) is 6.61 Å². The maximum atomic E-state index is 12.3. The highest BCUT2D eigenvalue weighted by atomic mass is 32.1. The van der Waals surface area contributed by atoms with Gasteiger partial charge < -0.3 is 9.64 Å². The zero-order valence-corrected chi connectivity index (χ0v) is 14.0. The second kappa shape index (κ2) is 6.93. The summed E-state index contributed by atoms with van der Waals surface area (Å²) in [6.45, 7) is 1.56. The predicted octanol–water partition coefficient (Wildman–Crippen LogP) is 1.19. The quantitative estimate of drug-likeness (QED) is 0.676. The molecule has 0 bridgehead atoms. The fraction of sp³-hybridized carbons (Fsp3) is 0.333. The second-order valence-corrected chi connectivity index (χ2v) is 6.31. The Morgan fingerprint density at radius 3 is 3.12 bits per heavy atom. The number of hydrogen-bond acceptors (Lipinski definition) is 8. The number of hydrogen-bond donors (Lipinski definition) is 0. The summed E-state index contributed by atoms with van der Waals surface area (Å²) in [4.78, 5) is 26.2. The molecular weight excluding hydrogens is 342 g/mol. The molecular formula is C15H15N7O2S. The van der Waals surface area contributed by atoms with Crippen LogP contribution in [0.2, 0.25) is 0 Å². The van der Waals surface area contributed by atoms with Crippen molar-refractivity contribution in [3.05, 3.63) is 47.1 Å². The van der Waals surface area contributed by atoms with Gasteiger partial charge in [-0.25, -0.2) is 14.6 Å². The van der Waals surface area contributed by atoms with E-state index < -0.39 is 0 Å². The van der Waals surface area contributed by atoms with Gasteiger partial charge in [0, 0.05) is 30.9 Å². The average Bonchev–Trinajstić information content (AvgIpc) is 3.41. The molecule has 128 valence electrons. The maximum Gasteiger partial charge on any atom is 0.273 e. The van der Waals surface area contributed by atoms with E-state index in [1.54, 1.807) is 39.1 Å². The first kappa shape index (κ1) is 15.6. The van der Waals surface area contributed by atoms with Gasteiger partial charge >= 0.3 is 0 Å². The molecule has 1 aliphatic heterocycles. The van der Waals surface area contributed by atoms with Crippen molar-refractivity contribution < 1.29 is 9.53 Å². The Kier molecular flexibility index (Phi) is 4.34. The van der Waals surface area contributed by atoms with Gasteiger partial charge in [0.25, 0.3) is 5.91 Å². The van der Waals surface area contributed by atoms with Gasteiger partial charge in [-0.1, -0.05) is 5.21 Å². The first-order chi connectivity index (χ1) is 12.3. The summed E-state index contributed by atoms with van der Waals surface area (Å²) in [5.74, 6) is 0.410. The van der Waals surface area contributed by atoms with Crippen LogP contribution < -0.4 is 4.74 Å². The standard InChI is InChI=1S/C15H15N7O2S/c23-15(13-9-25-10-18-13)21-4-1-12(7-21)22-6-11(19-20-22)8-24-14-5-16-2-3-17-14/h2-3,5-6,9-10,12H,1,4,7-8H2. The van der Waals surface area contributed by atoms with E-state index >= 15 is 0 Å². The molecule has 10 heteroatoms. The van der Waals surface area contributed by atoms with Crippen molar-refractivity contribution in [3.63, 3.8) is 0 Å². The minimum atomic E-state index is -0.0323. The summed E-state index contributed by atoms with van der Waals surface area (Å²) in [6.07, 6.45) is 7.38. The summed E-state index contributed by atoms with van der Waals surface area (Å²) in [5, 5.41) is 10.1. The minimum absolute atomic E-state index is 0.0323. The van der Waals surface area contributed by atoms with Crippen molar-refractivity contribution in [1.29, 1.82) is 0 Å². The maximum absolute atomic E-state index is 12.3. The van der Waals surface area contributed by atoms with Gasteiger partial charge in [0.2, 0.25) is 5.88 Å². The molecule has 1 amide bonds. The van der Waals surface area contributed by atoms with E-state index in [1.807, 2.05) is 6.20 Å². The van der Waals surface area contributed by atoms with Crippen LogP contribution in [-0.4, -0.2) is 53.8 Å². The monoisotopic (exact) mass is 357 g/mol. The number of likely N-dealkylation sites (tertiary alicyclic amines) is 1. The summed E-state index contributed by atoms with van der Waals surface area (Å²) in [6, 6.07) is 0.111. The number of nitrogens with zero attached hydrogens (tertiary/aromatic N) is 7. The Morgan fingerprint density at radius 1 is 1.36 bits per heavy atom. The lowest BCUT2D eigenvalue weighted by molar-refractivity contribution is 0.0782. The molecule has 3 aromatic rings. The molecule has 9 nitrogen and oxygen atoms in total. The molecule has 1 saturated heterocycles. The summed E-state index contributed by atoms with van der Waals surface area (Å²) in [5.41, 5.74) is 2.87. The number of aromatic nitrogens is 6. The molecule has 0 radical (unpaired) electrons. The van der Waals surface area contributed by atoms with Gasteiger partial charge in [-0.3, -0.25) is 9.78 Å². The first-order valence-electron chi connectivity index (χ1n) is 7.76. The van der Waals surface area contributed by atoms with Crippen molar-refractivity contribution in [2.24, 2.45) is 0 Å². The molecule has 3 aromatic heterocycles. The predicted molar refractivity (Wildman–Crippen MR) is 88.1 cm³/mol. The highest BCUT2D eigenvalue weighted by Crippen LogP contribution is 2.22. The number of thiazole rings is 1. The number of carbonyl (C=O) groups excluding carboxylic acids is 1. The molecule has 1 atom stereocenters. The van der Waals surface area contributed by atoms with E-state index in [0.717, 1.165) is 6.42 Å².